The van der Waals surface area contributed by atoms with Crippen LogP contribution in [0.2, 0.25) is 0 Å². The fraction of sp³-hybridized carbons (Fsp3) is 0.929. The fourth-order valence-corrected chi connectivity index (χ4v) is 3.66. The van der Waals surface area contributed by atoms with Crippen molar-refractivity contribution < 1.29 is 4.79 Å². The highest BCUT2D eigenvalue weighted by Gasteiger charge is 2.33. The summed E-state index contributed by atoms with van der Waals surface area (Å²) in [6.07, 6.45) is 8.09. The van der Waals surface area contributed by atoms with Gasteiger partial charge in [0.2, 0.25) is 5.91 Å². The molecule has 106 valence electrons. The summed E-state index contributed by atoms with van der Waals surface area (Å²) in [6.45, 7) is 5.53. The van der Waals surface area contributed by atoms with Gasteiger partial charge in [-0.3, -0.25) is 4.79 Å². The molecular formula is C14H28N2OS. The van der Waals surface area contributed by atoms with Crippen molar-refractivity contribution in [2.45, 2.75) is 50.7 Å². The number of amides is 1. The second kappa shape index (κ2) is 7.39. The molecule has 0 aromatic heterocycles. The molecule has 1 saturated carbocycles. The van der Waals surface area contributed by atoms with Gasteiger partial charge in [-0.25, -0.2) is 0 Å². The van der Waals surface area contributed by atoms with Crippen LogP contribution in [0.4, 0.5) is 0 Å². The average Bonchev–Trinajstić information content (AvgIpc) is 2.82. The monoisotopic (exact) mass is 272 g/mol. The average molecular weight is 272 g/mol. The number of thioether (sulfide) groups is 1. The quantitative estimate of drug-likeness (QED) is 0.748. The van der Waals surface area contributed by atoms with E-state index in [0.29, 0.717) is 12.5 Å². The van der Waals surface area contributed by atoms with Crippen LogP contribution in [0.1, 0.15) is 46.0 Å². The largest absolute Gasteiger partial charge is 0.354 e. The van der Waals surface area contributed by atoms with E-state index in [4.69, 9.17) is 5.73 Å². The Kier molecular flexibility index (Phi) is 6.50. The van der Waals surface area contributed by atoms with Crippen molar-refractivity contribution in [3.8, 4) is 0 Å². The number of hydrogen-bond donors (Lipinski definition) is 2. The van der Waals surface area contributed by atoms with Crippen molar-refractivity contribution in [3.63, 3.8) is 0 Å². The second-order valence-corrected chi connectivity index (χ2v) is 7.15. The molecule has 1 rings (SSSR count). The number of nitrogens with two attached hydrogens (primary N) is 1. The predicted octanol–water partition coefficient (Wildman–Crippen LogP) is 2.40. The number of hydrogen-bond acceptors (Lipinski definition) is 3. The Labute approximate surface area is 116 Å². The van der Waals surface area contributed by atoms with Crippen molar-refractivity contribution in [3.05, 3.63) is 0 Å². The molecule has 0 bridgehead atoms. The van der Waals surface area contributed by atoms with Crippen molar-refractivity contribution in [1.29, 1.82) is 0 Å². The van der Waals surface area contributed by atoms with E-state index in [-0.39, 0.29) is 16.6 Å². The normalized spacial score (nSPS) is 20.1. The first-order chi connectivity index (χ1) is 8.53. The van der Waals surface area contributed by atoms with Crippen LogP contribution in [0.3, 0.4) is 0 Å². The van der Waals surface area contributed by atoms with E-state index in [1.54, 1.807) is 0 Å². The van der Waals surface area contributed by atoms with E-state index in [1.165, 1.54) is 25.7 Å². The van der Waals surface area contributed by atoms with Crippen LogP contribution in [0.15, 0.2) is 0 Å². The molecule has 3 N–H and O–H groups in total. The predicted molar refractivity (Wildman–Crippen MR) is 79.7 cm³/mol. The van der Waals surface area contributed by atoms with Crippen molar-refractivity contribution in [2.75, 3.05) is 19.3 Å². The molecule has 1 unspecified atom stereocenters. The molecule has 0 radical (unpaired) electrons. The summed E-state index contributed by atoms with van der Waals surface area (Å²) in [5, 5.41) is 3.13. The van der Waals surface area contributed by atoms with Crippen molar-refractivity contribution in [1.82, 2.24) is 5.32 Å². The number of carbonyl (C=O) groups excluding carboxylic acids is 1. The summed E-state index contributed by atoms with van der Waals surface area (Å²) in [5.41, 5.74) is 5.71. The minimum atomic E-state index is -0.0229. The molecule has 1 aliphatic rings. The molecule has 1 atom stereocenters. The van der Waals surface area contributed by atoms with Crippen LogP contribution in [0.5, 0.6) is 0 Å². The zero-order chi connectivity index (χ0) is 13.6. The third kappa shape index (κ3) is 4.47. The maximum absolute atomic E-state index is 12.1. The van der Waals surface area contributed by atoms with Gasteiger partial charge in [-0.05, 0) is 31.4 Å². The Morgan fingerprint density at radius 3 is 2.44 bits per heavy atom. The summed E-state index contributed by atoms with van der Waals surface area (Å²) in [4.78, 5) is 12.1. The molecule has 18 heavy (non-hydrogen) atoms. The van der Waals surface area contributed by atoms with Crippen LogP contribution < -0.4 is 11.1 Å². The third-order valence-electron chi connectivity index (χ3n) is 3.94. The smallest absolute Gasteiger partial charge is 0.224 e. The van der Waals surface area contributed by atoms with E-state index >= 15 is 0 Å². The highest BCUT2D eigenvalue weighted by Crippen LogP contribution is 2.39. The minimum Gasteiger partial charge on any atom is -0.354 e. The first kappa shape index (κ1) is 15.8. The summed E-state index contributed by atoms with van der Waals surface area (Å²) in [6, 6.07) is 0. The van der Waals surface area contributed by atoms with Gasteiger partial charge in [0.15, 0.2) is 0 Å². The zero-order valence-corrected chi connectivity index (χ0v) is 12.8. The molecule has 0 aromatic carbocycles. The van der Waals surface area contributed by atoms with Gasteiger partial charge >= 0.3 is 0 Å². The summed E-state index contributed by atoms with van der Waals surface area (Å²) >= 11 is 1.91. The third-order valence-corrected chi connectivity index (χ3v) is 5.36. The standard InChI is InChI=1S/C14H28N2OS/c1-11(2)8-12(9-15)13(17)16-10-14(18-3)6-4-5-7-14/h11-12H,4-10,15H2,1-3H3,(H,16,17). The first-order valence-corrected chi connectivity index (χ1v) is 8.28. The van der Waals surface area contributed by atoms with Gasteiger partial charge in [-0.2, -0.15) is 11.8 Å². The van der Waals surface area contributed by atoms with Crippen LogP contribution in [0.25, 0.3) is 0 Å². The van der Waals surface area contributed by atoms with E-state index < -0.39 is 0 Å². The van der Waals surface area contributed by atoms with Gasteiger partial charge in [-0.15, -0.1) is 0 Å². The van der Waals surface area contributed by atoms with Crippen LogP contribution >= 0.6 is 11.8 Å². The zero-order valence-electron chi connectivity index (χ0n) is 12.0. The lowest BCUT2D eigenvalue weighted by Gasteiger charge is -2.28. The Morgan fingerprint density at radius 2 is 2.00 bits per heavy atom. The summed E-state index contributed by atoms with van der Waals surface area (Å²) in [7, 11) is 0. The van der Waals surface area contributed by atoms with E-state index in [2.05, 4.69) is 25.4 Å². The number of nitrogens with one attached hydrogen (secondary N) is 1. The molecule has 0 aromatic rings. The maximum atomic E-state index is 12.1. The van der Waals surface area contributed by atoms with Gasteiger partial charge < -0.3 is 11.1 Å². The van der Waals surface area contributed by atoms with Crippen molar-refractivity contribution in [2.24, 2.45) is 17.6 Å². The lowest BCUT2D eigenvalue weighted by molar-refractivity contribution is -0.125. The molecule has 0 saturated heterocycles. The van der Waals surface area contributed by atoms with Crippen molar-refractivity contribution >= 4 is 17.7 Å². The van der Waals surface area contributed by atoms with Gasteiger partial charge in [0, 0.05) is 17.8 Å². The Morgan fingerprint density at radius 1 is 1.39 bits per heavy atom. The molecule has 1 fully saturated rings. The Balaban J connectivity index is 2.43. The highest BCUT2D eigenvalue weighted by molar-refractivity contribution is 8.00. The molecule has 0 spiro atoms. The lowest BCUT2D eigenvalue weighted by Crippen LogP contribution is -2.43. The molecule has 3 nitrogen and oxygen atoms in total. The number of rotatable bonds is 7. The molecule has 0 heterocycles. The fourth-order valence-electron chi connectivity index (χ4n) is 2.74. The Bertz CT molecular complexity index is 263. The Hall–Kier alpha value is -0.220. The molecule has 1 aliphatic carbocycles. The molecule has 1 amide bonds. The van der Waals surface area contributed by atoms with Gasteiger partial charge in [0.1, 0.15) is 0 Å². The van der Waals surface area contributed by atoms with E-state index in [0.717, 1.165) is 13.0 Å². The lowest BCUT2D eigenvalue weighted by atomic mass is 9.96. The van der Waals surface area contributed by atoms with Gasteiger partial charge in [0.25, 0.3) is 0 Å². The van der Waals surface area contributed by atoms with Crippen LogP contribution in [0, 0.1) is 11.8 Å². The van der Waals surface area contributed by atoms with Gasteiger partial charge in [0.05, 0.1) is 5.92 Å². The SMILES string of the molecule is CSC1(CNC(=O)C(CN)CC(C)C)CCCC1. The minimum absolute atomic E-state index is 0.0229. The van der Waals surface area contributed by atoms with Gasteiger partial charge in [-0.1, -0.05) is 26.7 Å². The molecule has 0 aliphatic heterocycles. The van der Waals surface area contributed by atoms with Crippen LogP contribution in [-0.2, 0) is 4.79 Å². The topological polar surface area (TPSA) is 55.1 Å². The number of carbonyl (C=O) groups is 1. The van der Waals surface area contributed by atoms with E-state index in [9.17, 15) is 4.79 Å². The summed E-state index contributed by atoms with van der Waals surface area (Å²) in [5.74, 6) is 0.641. The van der Waals surface area contributed by atoms with E-state index in [1.807, 2.05) is 11.8 Å². The van der Waals surface area contributed by atoms with Crippen LogP contribution in [-0.4, -0.2) is 30.0 Å². The molecule has 4 heteroatoms. The summed E-state index contributed by atoms with van der Waals surface area (Å²) < 4.78 is 0.284. The first-order valence-electron chi connectivity index (χ1n) is 7.06. The highest BCUT2D eigenvalue weighted by atomic mass is 32.2. The molecular weight excluding hydrogens is 244 g/mol. The second-order valence-electron chi connectivity index (χ2n) is 5.87. The maximum Gasteiger partial charge on any atom is 0.224 e.